The van der Waals surface area contributed by atoms with Crippen molar-refractivity contribution in [3.8, 4) is 0 Å². The second-order valence-electron chi connectivity index (χ2n) is 4.16. The summed E-state index contributed by atoms with van der Waals surface area (Å²) in [4.78, 5) is 8.29. The van der Waals surface area contributed by atoms with E-state index >= 15 is 0 Å². The molecule has 7 heteroatoms. The molecule has 0 saturated heterocycles. The fourth-order valence-electron chi connectivity index (χ4n) is 2.03. The van der Waals surface area contributed by atoms with Crippen molar-refractivity contribution < 1.29 is 13.2 Å². The standard InChI is InChI=1S/C13H11F2N3OS/c1-8(20-13-16-6-7-19-13)11-17-9-4-2-3-5-10(9)18(11)12(14)15/h2-8,12H,1H3/t8-/m0/s1. The molecule has 20 heavy (non-hydrogen) atoms. The SMILES string of the molecule is C[C@H](Sc1ncco1)c1nc2ccccc2n1C(F)F. The maximum atomic E-state index is 13.3. The smallest absolute Gasteiger partial charge is 0.320 e. The number of fused-ring (bicyclic) bond motifs is 1. The van der Waals surface area contributed by atoms with E-state index in [0.717, 1.165) is 4.57 Å². The Kier molecular flexibility index (Phi) is 3.43. The van der Waals surface area contributed by atoms with Crippen LogP contribution in [0.15, 0.2) is 46.4 Å². The zero-order valence-corrected chi connectivity index (χ0v) is 11.3. The monoisotopic (exact) mass is 295 g/mol. The second kappa shape index (κ2) is 5.24. The summed E-state index contributed by atoms with van der Waals surface area (Å²) in [6.07, 6.45) is 2.97. The molecule has 2 aromatic heterocycles. The number of imidazole rings is 1. The van der Waals surface area contributed by atoms with Gasteiger partial charge in [-0.15, -0.1) is 0 Å². The largest absolute Gasteiger partial charge is 0.440 e. The first-order chi connectivity index (χ1) is 9.66. The molecule has 0 unspecified atom stereocenters. The Balaban J connectivity index is 2.03. The zero-order chi connectivity index (χ0) is 14.1. The molecule has 0 amide bonds. The Morgan fingerprint density at radius 1 is 1.30 bits per heavy atom. The van der Waals surface area contributed by atoms with E-state index in [1.54, 1.807) is 31.2 Å². The van der Waals surface area contributed by atoms with Crippen molar-refractivity contribution in [3.05, 3.63) is 42.5 Å². The van der Waals surface area contributed by atoms with Crippen LogP contribution in [0.2, 0.25) is 0 Å². The van der Waals surface area contributed by atoms with Crippen molar-refractivity contribution in [2.75, 3.05) is 0 Å². The molecule has 0 aliphatic carbocycles. The van der Waals surface area contributed by atoms with Crippen molar-refractivity contribution in [1.29, 1.82) is 0 Å². The summed E-state index contributed by atoms with van der Waals surface area (Å²) in [5, 5.41) is 0.139. The molecule has 0 aliphatic heterocycles. The number of rotatable bonds is 4. The third-order valence-corrected chi connectivity index (χ3v) is 3.84. The van der Waals surface area contributed by atoms with E-state index in [4.69, 9.17) is 4.42 Å². The van der Waals surface area contributed by atoms with Crippen LogP contribution in [0.4, 0.5) is 8.78 Å². The minimum absolute atomic E-state index is 0.296. The number of alkyl halides is 2. The Morgan fingerprint density at radius 3 is 2.80 bits per heavy atom. The lowest BCUT2D eigenvalue weighted by molar-refractivity contribution is 0.0715. The molecule has 0 fully saturated rings. The molecule has 0 bridgehead atoms. The summed E-state index contributed by atoms with van der Waals surface area (Å²) in [6, 6.07) is 6.86. The van der Waals surface area contributed by atoms with Crippen LogP contribution in [0.25, 0.3) is 11.0 Å². The third kappa shape index (κ3) is 2.29. The Labute approximate surface area is 117 Å². The van der Waals surface area contributed by atoms with Crippen molar-refractivity contribution in [2.45, 2.75) is 23.9 Å². The first-order valence-corrected chi connectivity index (χ1v) is 6.86. The molecule has 0 aliphatic rings. The average Bonchev–Trinajstić information content (AvgIpc) is 3.04. The highest BCUT2D eigenvalue weighted by Gasteiger charge is 2.23. The van der Waals surface area contributed by atoms with E-state index < -0.39 is 6.55 Å². The van der Waals surface area contributed by atoms with Crippen LogP contribution in [0, 0.1) is 0 Å². The maximum absolute atomic E-state index is 13.3. The first-order valence-electron chi connectivity index (χ1n) is 5.98. The van der Waals surface area contributed by atoms with Crippen LogP contribution < -0.4 is 0 Å². The number of nitrogens with zero attached hydrogens (tertiary/aromatic N) is 3. The molecule has 2 heterocycles. The second-order valence-corrected chi connectivity index (χ2v) is 5.46. The van der Waals surface area contributed by atoms with Crippen molar-refractivity contribution >= 4 is 22.8 Å². The van der Waals surface area contributed by atoms with Gasteiger partial charge in [0, 0.05) is 0 Å². The highest BCUT2D eigenvalue weighted by atomic mass is 32.2. The van der Waals surface area contributed by atoms with E-state index in [-0.39, 0.29) is 5.25 Å². The predicted octanol–water partition coefficient (Wildman–Crippen LogP) is 4.27. The molecule has 3 rings (SSSR count). The Bertz CT molecular complexity index is 712. The fraction of sp³-hybridized carbons (Fsp3) is 0.231. The lowest BCUT2D eigenvalue weighted by Crippen LogP contribution is -2.06. The lowest BCUT2D eigenvalue weighted by Gasteiger charge is -2.12. The molecule has 0 saturated carbocycles. The van der Waals surface area contributed by atoms with Crippen LogP contribution >= 0.6 is 11.8 Å². The first kappa shape index (κ1) is 13.1. The van der Waals surface area contributed by atoms with Crippen LogP contribution in [-0.2, 0) is 0 Å². The van der Waals surface area contributed by atoms with Crippen LogP contribution in [0.3, 0.4) is 0 Å². The van der Waals surface area contributed by atoms with Crippen molar-refractivity contribution in [3.63, 3.8) is 0 Å². The van der Waals surface area contributed by atoms with Gasteiger partial charge in [-0.05, 0) is 19.1 Å². The molecular weight excluding hydrogens is 284 g/mol. The molecule has 3 aromatic rings. The molecule has 4 nitrogen and oxygen atoms in total. The normalized spacial score (nSPS) is 13.2. The number of aromatic nitrogens is 3. The van der Waals surface area contributed by atoms with Gasteiger partial charge in [0.25, 0.3) is 5.22 Å². The maximum Gasteiger partial charge on any atom is 0.320 e. The summed E-state index contributed by atoms with van der Waals surface area (Å²) in [6.45, 7) is -0.834. The van der Waals surface area contributed by atoms with E-state index in [2.05, 4.69) is 9.97 Å². The van der Waals surface area contributed by atoms with Crippen LogP contribution in [0.5, 0.6) is 0 Å². The number of para-hydroxylation sites is 2. The van der Waals surface area contributed by atoms with E-state index in [1.807, 2.05) is 0 Å². The summed E-state index contributed by atoms with van der Waals surface area (Å²) < 4.78 is 32.7. The fourth-order valence-corrected chi connectivity index (χ4v) is 2.83. The van der Waals surface area contributed by atoms with E-state index in [9.17, 15) is 8.78 Å². The number of oxazole rings is 1. The number of halogens is 2. The van der Waals surface area contributed by atoms with Gasteiger partial charge in [-0.2, -0.15) is 8.78 Å². The molecule has 0 N–H and O–H groups in total. The minimum Gasteiger partial charge on any atom is -0.440 e. The van der Waals surface area contributed by atoms with Gasteiger partial charge in [0.05, 0.1) is 22.5 Å². The molecule has 104 valence electrons. The van der Waals surface area contributed by atoms with Gasteiger partial charge in [-0.1, -0.05) is 23.9 Å². The van der Waals surface area contributed by atoms with Gasteiger partial charge in [0.15, 0.2) is 0 Å². The number of hydrogen-bond acceptors (Lipinski definition) is 4. The van der Waals surface area contributed by atoms with Gasteiger partial charge in [0.2, 0.25) is 0 Å². The molecule has 1 atom stereocenters. The van der Waals surface area contributed by atoms with Crippen molar-refractivity contribution in [2.24, 2.45) is 0 Å². The number of benzene rings is 1. The number of hydrogen-bond donors (Lipinski definition) is 0. The molecule has 0 radical (unpaired) electrons. The van der Waals surface area contributed by atoms with E-state index in [0.29, 0.717) is 22.1 Å². The average molecular weight is 295 g/mol. The summed E-state index contributed by atoms with van der Waals surface area (Å²) in [5.41, 5.74) is 0.986. The third-order valence-electron chi connectivity index (χ3n) is 2.87. The van der Waals surface area contributed by atoms with Crippen LogP contribution in [0.1, 0.15) is 24.5 Å². The topological polar surface area (TPSA) is 43.9 Å². The van der Waals surface area contributed by atoms with Gasteiger partial charge in [0.1, 0.15) is 12.1 Å². The van der Waals surface area contributed by atoms with Gasteiger partial charge in [-0.25, -0.2) is 9.97 Å². The minimum atomic E-state index is -2.63. The highest BCUT2D eigenvalue weighted by molar-refractivity contribution is 7.99. The quantitative estimate of drug-likeness (QED) is 0.674. The predicted molar refractivity (Wildman–Crippen MR) is 71.8 cm³/mol. The lowest BCUT2D eigenvalue weighted by atomic mass is 10.3. The van der Waals surface area contributed by atoms with Crippen LogP contribution in [-0.4, -0.2) is 14.5 Å². The molecule has 1 aromatic carbocycles. The summed E-state index contributed by atoms with van der Waals surface area (Å²) in [5.74, 6) is 0.310. The summed E-state index contributed by atoms with van der Waals surface area (Å²) in [7, 11) is 0. The molecular formula is C13H11F2N3OS. The van der Waals surface area contributed by atoms with E-state index in [1.165, 1.54) is 24.2 Å². The van der Waals surface area contributed by atoms with Gasteiger partial charge in [-0.3, -0.25) is 4.57 Å². The summed E-state index contributed by atoms with van der Waals surface area (Å²) >= 11 is 1.26. The highest BCUT2D eigenvalue weighted by Crippen LogP contribution is 2.36. The number of thioether (sulfide) groups is 1. The Morgan fingerprint density at radius 2 is 2.10 bits per heavy atom. The Hall–Kier alpha value is -1.89. The van der Waals surface area contributed by atoms with Gasteiger partial charge >= 0.3 is 6.55 Å². The zero-order valence-electron chi connectivity index (χ0n) is 10.5. The van der Waals surface area contributed by atoms with Gasteiger partial charge < -0.3 is 4.42 Å². The van der Waals surface area contributed by atoms with Crippen molar-refractivity contribution in [1.82, 2.24) is 14.5 Å². The molecule has 0 spiro atoms.